The van der Waals surface area contributed by atoms with Crippen LogP contribution in [0.25, 0.3) is 11.0 Å². The van der Waals surface area contributed by atoms with Gasteiger partial charge in [0.15, 0.2) is 5.82 Å². The Kier molecular flexibility index (Phi) is 7.59. The first kappa shape index (κ1) is 29.6. The summed E-state index contributed by atoms with van der Waals surface area (Å²) < 4.78 is 1.28. The van der Waals surface area contributed by atoms with Gasteiger partial charge in [0, 0.05) is 30.8 Å². The minimum atomic E-state index is -1.41. The minimum Gasteiger partial charge on any atom is -0.508 e. The molecular formula is C27H21N9O7S2. The summed E-state index contributed by atoms with van der Waals surface area (Å²) >= 11 is 6.63. The molecule has 1 fully saturated rings. The molecule has 5 heterocycles. The van der Waals surface area contributed by atoms with E-state index in [1.54, 1.807) is 12.1 Å². The van der Waals surface area contributed by atoms with Gasteiger partial charge in [-0.3, -0.25) is 29.1 Å². The number of pyridine rings is 2. The number of amides is 3. The van der Waals surface area contributed by atoms with Gasteiger partial charge in [0.05, 0.1) is 10.4 Å². The largest absolute Gasteiger partial charge is 0.508 e. The van der Waals surface area contributed by atoms with E-state index >= 15 is 0 Å². The lowest BCUT2D eigenvalue weighted by atomic mass is 9.99. The van der Waals surface area contributed by atoms with Crippen molar-refractivity contribution in [2.75, 3.05) is 5.75 Å². The van der Waals surface area contributed by atoms with Crippen LogP contribution in [-0.2, 0) is 21.4 Å². The molecule has 0 aliphatic carbocycles. The van der Waals surface area contributed by atoms with Gasteiger partial charge in [-0.15, -0.1) is 16.9 Å². The van der Waals surface area contributed by atoms with Crippen LogP contribution in [0, 0.1) is 0 Å². The molecule has 2 aliphatic rings. The number of rotatable bonds is 8. The first-order chi connectivity index (χ1) is 21.6. The number of phenolic OH excluding ortho intramolecular Hbond substituents is 1. The van der Waals surface area contributed by atoms with Crippen LogP contribution in [0.3, 0.4) is 0 Å². The molecule has 6 rings (SSSR count). The number of nitrogens with zero attached hydrogens (tertiary/aromatic N) is 6. The Bertz CT molecular complexity index is 2010. The van der Waals surface area contributed by atoms with Gasteiger partial charge in [-0.1, -0.05) is 24.4 Å². The van der Waals surface area contributed by atoms with Crippen molar-refractivity contribution < 1.29 is 29.4 Å². The van der Waals surface area contributed by atoms with Crippen molar-refractivity contribution in [3.8, 4) is 5.75 Å². The zero-order valence-electron chi connectivity index (χ0n) is 23.0. The highest BCUT2D eigenvalue weighted by Crippen LogP contribution is 2.41. The van der Waals surface area contributed by atoms with Crippen LogP contribution in [-0.4, -0.2) is 91.0 Å². The molecule has 228 valence electrons. The number of β-lactam (4-membered cyclic amide) rings is 1. The first-order valence-electron chi connectivity index (χ1n) is 13.1. The molecule has 1 saturated heterocycles. The molecule has 3 amide bonds. The summed E-state index contributed by atoms with van der Waals surface area (Å²) in [4.78, 5) is 73.5. The lowest BCUT2D eigenvalue weighted by Gasteiger charge is -2.49. The number of nitrogens with one attached hydrogen (secondary N) is 3. The SMILES string of the molecule is Cn1nnnc1C(=S)C1=C(C(=O)O)N2C(=O)C(NC(=O)C(NC(=O)c3c[nH]c4cccnc4c3=O)c3ccc(O)cc3)[C@@H]2SC1. The Labute approximate surface area is 261 Å². The number of aromatic hydroxyl groups is 1. The Morgan fingerprint density at radius 3 is 2.62 bits per heavy atom. The third-order valence-corrected chi connectivity index (χ3v) is 8.92. The predicted molar refractivity (Wildman–Crippen MR) is 161 cm³/mol. The third kappa shape index (κ3) is 5.18. The highest BCUT2D eigenvalue weighted by molar-refractivity contribution is 8.00. The summed E-state index contributed by atoms with van der Waals surface area (Å²) in [6, 6.07) is 6.10. The van der Waals surface area contributed by atoms with E-state index < -0.39 is 46.6 Å². The van der Waals surface area contributed by atoms with Gasteiger partial charge in [-0.2, -0.15) is 0 Å². The van der Waals surface area contributed by atoms with Gasteiger partial charge in [0.1, 0.15) is 40.0 Å². The molecule has 1 aromatic carbocycles. The molecule has 0 saturated carbocycles. The number of thioether (sulfide) groups is 1. The van der Waals surface area contributed by atoms with Crippen LogP contribution in [0.2, 0.25) is 0 Å². The van der Waals surface area contributed by atoms with Crippen LogP contribution in [0.1, 0.15) is 27.8 Å². The Morgan fingerprint density at radius 1 is 1.18 bits per heavy atom. The fourth-order valence-corrected chi connectivity index (χ4v) is 6.76. The molecule has 2 unspecified atom stereocenters. The summed E-state index contributed by atoms with van der Waals surface area (Å²) in [5.74, 6) is -3.65. The van der Waals surface area contributed by atoms with Gasteiger partial charge in [0.2, 0.25) is 11.3 Å². The number of aryl methyl sites for hydroxylation is 1. The average molecular weight is 648 g/mol. The third-order valence-electron chi connectivity index (χ3n) is 7.21. The van der Waals surface area contributed by atoms with E-state index in [1.165, 1.54) is 60.2 Å². The van der Waals surface area contributed by atoms with Gasteiger partial charge in [-0.25, -0.2) is 9.48 Å². The number of phenols is 1. The van der Waals surface area contributed by atoms with Gasteiger partial charge >= 0.3 is 5.97 Å². The zero-order chi connectivity index (χ0) is 32.0. The van der Waals surface area contributed by atoms with E-state index in [4.69, 9.17) is 12.2 Å². The normalized spacial score (nSPS) is 18.2. The second kappa shape index (κ2) is 11.5. The van der Waals surface area contributed by atoms with E-state index in [1.807, 2.05) is 0 Å². The van der Waals surface area contributed by atoms with Crippen LogP contribution in [0.4, 0.5) is 0 Å². The first-order valence-corrected chi connectivity index (χ1v) is 14.6. The summed E-state index contributed by atoms with van der Waals surface area (Å²) in [5, 5.41) is 35.2. The molecule has 5 N–H and O–H groups in total. The van der Waals surface area contributed by atoms with Crippen molar-refractivity contribution in [2.24, 2.45) is 7.05 Å². The highest BCUT2D eigenvalue weighted by atomic mass is 32.2. The summed E-state index contributed by atoms with van der Waals surface area (Å²) in [6.07, 6.45) is 2.61. The second-order valence-electron chi connectivity index (χ2n) is 9.91. The van der Waals surface area contributed by atoms with Crippen LogP contribution < -0.4 is 16.1 Å². The molecule has 16 nitrogen and oxygen atoms in total. The number of aromatic amines is 1. The number of hydrogen-bond donors (Lipinski definition) is 5. The molecule has 4 aromatic rings. The Balaban J connectivity index is 1.26. The number of aromatic nitrogens is 6. The van der Waals surface area contributed by atoms with Gasteiger partial charge < -0.3 is 25.8 Å². The van der Waals surface area contributed by atoms with Crippen LogP contribution in [0.5, 0.6) is 5.75 Å². The summed E-state index contributed by atoms with van der Waals surface area (Å²) in [6.45, 7) is 0. The number of carboxylic acids is 1. The fraction of sp³-hybridized carbons (Fsp3) is 0.185. The number of fused-ring (bicyclic) bond motifs is 2. The van der Waals surface area contributed by atoms with Crippen molar-refractivity contribution in [3.63, 3.8) is 0 Å². The Morgan fingerprint density at radius 2 is 1.93 bits per heavy atom. The van der Waals surface area contributed by atoms with Crippen LogP contribution in [0.15, 0.2) is 64.9 Å². The highest BCUT2D eigenvalue weighted by Gasteiger charge is 2.55. The van der Waals surface area contributed by atoms with Gasteiger partial charge in [-0.05, 0) is 40.3 Å². The monoisotopic (exact) mass is 647 g/mol. The maximum absolute atomic E-state index is 13.7. The number of carbonyl (C=O) groups excluding carboxylic acids is 3. The summed E-state index contributed by atoms with van der Waals surface area (Å²) in [5.41, 5.74) is -0.434. The lowest BCUT2D eigenvalue weighted by Crippen LogP contribution is -2.71. The van der Waals surface area contributed by atoms with Crippen molar-refractivity contribution in [3.05, 3.63) is 87.2 Å². The molecule has 0 spiro atoms. The standard InChI is InChI=1S/C27H21N9O7S2/c1-35-22(32-33-34-35)21(44)14-10-45-26-18(25(41)36(26)19(14)27(42)43)31-24(40)16(11-4-6-12(37)7-5-11)30-23(39)13-9-29-15-3-2-8-28-17(15)20(13)38/h2-9,16,18,26,37H,10H2,1H3,(H,29,38)(H,30,39)(H,31,40)(H,42,43)/t16?,18?,26-/m0/s1. The molecule has 0 bridgehead atoms. The number of benzene rings is 1. The molecule has 45 heavy (non-hydrogen) atoms. The van der Waals surface area contributed by atoms with Gasteiger partial charge in [0.25, 0.3) is 11.8 Å². The topological polar surface area (TPSA) is 225 Å². The maximum Gasteiger partial charge on any atom is 0.353 e. The number of aliphatic carboxylic acids is 1. The molecule has 3 aromatic heterocycles. The predicted octanol–water partition coefficient (Wildman–Crippen LogP) is -0.220. The number of H-pyrrole nitrogens is 1. The minimum absolute atomic E-state index is 0.0295. The smallest absolute Gasteiger partial charge is 0.353 e. The molecular weight excluding hydrogens is 626 g/mol. The zero-order valence-corrected chi connectivity index (χ0v) is 24.6. The van der Waals surface area contributed by atoms with Crippen molar-refractivity contribution in [1.29, 1.82) is 0 Å². The molecule has 3 atom stereocenters. The molecule has 0 radical (unpaired) electrons. The number of thiocarbonyl (C=S) groups is 1. The van der Waals surface area contributed by atoms with E-state index in [0.29, 0.717) is 5.52 Å². The van der Waals surface area contributed by atoms with Crippen LogP contribution >= 0.6 is 24.0 Å². The van der Waals surface area contributed by atoms with Crippen molar-refractivity contribution in [1.82, 2.24) is 45.7 Å². The van der Waals surface area contributed by atoms with Crippen molar-refractivity contribution >= 4 is 63.6 Å². The van der Waals surface area contributed by atoms with E-state index in [9.17, 15) is 34.2 Å². The number of carboxylic acid groups (broad SMARTS) is 1. The van der Waals surface area contributed by atoms with E-state index in [2.05, 4.69) is 36.1 Å². The number of hydrogen-bond acceptors (Lipinski definition) is 12. The average Bonchev–Trinajstić information content (AvgIpc) is 3.47. The Hall–Kier alpha value is -5.49. The van der Waals surface area contributed by atoms with Crippen molar-refractivity contribution in [2.45, 2.75) is 17.5 Å². The summed E-state index contributed by atoms with van der Waals surface area (Å²) in [7, 11) is 1.54. The van der Waals surface area contributed by atoms with E-state index in [-0.39, 0.29) is 50.1 Å². The molecule has 2 aliphatic heterocycles. The lowest BCUT2D eigenvalue weighted by molar-refractivity contribution is -0.150. The fourth-order valence-electron chi connectivity index (χ4n) is 4.98. The van der Waals surface area contributed by atoms with E-state index in [0.717, 1.165) is 4.90 Å². The quantitative estimate of drug-likeness (QED) is 0.0949. The number of carbonyl (C=O) groups is 4. The second-order valence-corrected chi connectivity index (χ2v) is 11.4. The molecule has 18 heteroatoms. The maximum atomic E-state index is 13.7. The number of tetrazole rings is 1.